The fourth-order valence-corrected chi connectivity index (χ4v) is 2.73. The van der Waals surface area contributed by atoms with Crippen LogP contribution < -0.4 is 5.32 Å². The van der Waals surface area contributed by atoms with Gasteiger partial charge in [-0.15, -0.1) is 11.3 Å². The molecule has 1 unspecified atom stereocenters. The van der Waals surface area contributed by atoms with E-state index in [2.05, 4.69) is 21.4 Å². The highest BCUT2D eigenvalue weighted by atomic mass is 32.1. The van der Waals surface area contributed by atoms with Gasteiger partial charge in [-0.2, -0.15) is 5.26 Å². The van der Waals surface area contributed by atoms with Crippen LogP contribution >= 0.6 is 11.3 Å². The number of anilines is 1. The van der Waals surface area contributed by atoms with Gasteiger partial charge in [-0.05, 0) is 32.4 Å². The lowest BCUT2D eigenvalue weighted by Crippen LogP contribution is -2.11. The lowest BCUT2D eigenvalue weighted by molar-refractivity contribution is 0.0691. The Morgan fingerprint density at radius 1 is 1.48 bits per heavy atom. The van der Waals surface area contributed by atoms with Gasteiger partial charge in [0, 0.05) is 11.1 Å². The molecule has 7 heteroatoms. The van der Waals surface area contributed by atoms with Crippen molar-refractivity contribution in [2.75, 3.05) is 5.32 Å². The second kappa shape index (κ2) is 5.89. The molecule has 0 radical (unpaired) electrons. The molecule has 0 bridgehead atoms. The predicted molar refractivity (Wildman–Crippen MR) is 79.5 cm³/mol. The quantitative estimate of drug-likeness (QED) is 0.901. The molecule has 108 valence electrons. The number of nitrogens with zero attached hydrogens (tertiary/aromatic N) is 3. The number of carboxylic acid groups (broad SMARTS) is 1. The SMILES string of the molecule is Cc1cc(C)c(C#N)c(NC(C)c2nc(C(=O)O)cs2)n1. The molecule has 0 aliphatic heterocycles. The van der Waals surface area contributed by atoms with Crippen LogP contribution in [0.2, 0.25) is 0 Å². The van der Waals surface area contributed by atoms with Crippen molar-refractivity contribution in [2.45, 2.75) is 26.8 Å². The lowest BCUT2D eigenvalue weighted by Gasteiger charge is -2.14. The molecule has 0 aromatic carbocycles. The van der Waals surface area contributed by atoms with E-state index in [4.69, 9.17) is 5.11 Å². The van der Waals surface area contributed by atoms with E-state index in [0.717, 1.165) is 11.3 Å². The Labute approximate surface area is 126 Å². The number of aryl methyl sites for hydroxylation is 2. The Morgan fingerprint density at radius 3 is 2.76 bits per heavy atom. The molecule has 0 fully saturated rings. The topological polar surface area (TPSA) is 98.9 Å². The van der Waals surface area contributed by atoms with Crippen molar-refractivity contribution < 1.29 is 9.90 Å². The number of aromatic carboxylic acids is 1. The van der Waals surface area contributed by atoms with E-state index in [-0.39, 0.29) is 11.7 Å². The monoisotopic (exact) mass is 302 g/mol. The molecule has 2 aromatic heterocycles. The number of carbonyl (C=O) groups is 1. The molecule has 2 aromatic rings. The number of nitrogens with one attached hydrogen (secondary N) is 1. The van der Waals surface area contributed by atoms with Crippen molar-refractivity contribution in [3.05, 3.63) is 39.0 Å². The average Bonchev–Trinajstić information content (AvgIpc) is 2.88. The van der Waals surface area contributed by atoms with Crippen molar-refractivity contribution in [2.24, 2.45) is 0 Å². The Morgan fingerprint density at radius 2 is 2.19 bits per heavy atom. The molecule has 0 amide bonds. The first-order chi connectivity index (χ1) is 9.92. The minimum absolute atomic E-state index is 0.0255. The highest BCUT2D eigenvalue weighted by molar-refractivity contribution is 7.09. The molecular weight excluding hydrogens is 288 g/mol. The second-order valence-corrected chi connectivity index (χ2v) is 5.55. The summed E-state index contributed by atoms with van der Waals surface area (Å²) in [6.07, 6.45) is 0. The third-order valence-corrected chi connectivity index (χ3v) is 3.95. The maximum atomic E-state index is 10.9. The molecule has 2 heterocycles. The normalized spacial score (nSPS) is 11.7. The van der Waals surface area contributed by atoms with Gasteiger partial charge in [0.2, 0.25) is 0 Å². The Hall–Kier alpha value is -2.46. The largest absolute Gasteiger partial charge is 0.476 e. The number of nitriles is 1. The van der Waals surface area contributed by atoms with Gasteiger partial charge < -0.3 is 10.4 Å². The summed E-state index contributed by atoms with van der Waals surface area (Å²) in [5.74, 6) is -0.554. The van der Waals surface area contributed by atoms with E-state index in [1.54, 1.807) is 0 Å². The molecule has 0 saturated heterocycles. The van der Waals surface area contributed by atoms with Crippen molar-refractivity contribution in [1.82, 2.24) is 9.97 Å². The van der Waals surface area contributed by atoms with Gasteiger partial charge in [0.25, 0.3) is 0 Å². The van der Waals surface area contributed by atoms with Crippen LogP contribution in [-0.4, -0.2) is 21.0 Å². The maximum Gasteiger partial charge on any atom is 0.355 e. The molecule has 2 rings (SSSR count). The highest BCUT2D eigenvalue weighted by Crippen LogP contribution is 2.25. The summed E-state index contributed by atoms with van der Waals surface area (Å²) in [5.41, 5.74) is 2.18. The van der Waals surface area contributed by atoms with Crippen LogP contribution in [0.4, 0.5) is 5.82 Å². The van der Waals surface area contributed by atoms with Crippen molar-refractivity contribution in [3.8, 4) is 6.07 Å². The fourth-order valence-electron chi connectivity index (χ4n) is 1.93. The first kappa shape index (κ1) is 14.9. The molecule has 2 N–H and O–H groups in total. The van der Waals surface area contributed by atoms with Crippen molar-refractivity contribution in [3.63, 3.8) is 0 Å². The van der Waals surface area contributed by atoms with Gasteiger partial charge in [0.05, 0.1) is 11.6 Å². The summed E-state index contributed by atoms with van der Waals surface area (Å²) in [5, 5.41) is 23.4. The van der Waals surface area contributed by atoms with Crippen LogP contribution in [0.3, 0.4) is 0 Å². The molecule has 1 atom stereocenters. The highest BCUT2D eigenvalue weighted by Gasteiger charge is 2.16. The second-order valence-electron chi connectivity index (χ2n) is 4.66. The van der Waals surface area contributed by atoms with E-state index in [9.17, 15) is 10.1 Å². The van der Waals surface area contributed by atoms with Crippen LogP contribution in [0.25, 0.3) is 0 Å². The van der Waals surface area contributed by atoms with Gasteiger partial charge in [-0.3, -0.25) is 0 Å². The van der Waals surface area contributed by atoms with Gasteiger partial charge >= 0.3 is 5.97 Å². The van der Waals surface area contributed by atoms with Crippen LogP contribution in [-0.2, 0) is 0 Å². The van der Waals surface area contributed by atoms with E-state index in [0.29, 0.717) is 16.4 Å². The Bertz CT molecular complexity index is 733. The van der Waals surface area contributed by atoms with Crippen molar-refractivity contribution >= 4 is 23.1 Å². The van der Waals surface area contributed by atoms with Gasteiger partial charge in [-0.25, -0.2) is 14.8 Å². The number of hydrogen-bond donors (Lipinski definition) is 2. The molecule has 0 aliphatic carbocycles. The summed E-state index contributed by atoms with van der Waals surface area (Å²) in [7, 11) is 0. The van der Waals surface area contributed by atoms with Gasteiger partial charge in [-0.1, -0.05) is 0 Å². The first-order valence-corrected chi connectivity index (χ1v) is 7.14. The lowest BCUT2D eigenvalue weighted by atomic mass is 10.1. The molecule has 21 heavy (non-hydrogen) atoms. The Kier molecular flexibility index (Phi) is 4.19. The zero-order chi connectivity index (χ0) is 15.6. The van der Waals surface area contributed by atoms with E-state index >= 15 is 0 Å². The van der Waals surface area contributed by atoms with Crippen LogP contribution in [0.1, 0.15) is 45.3 Å². The van der Waals surface area contributed by atoms with Crippen LogP contribution in [0, 0.1) is 25.2 Å². The van der Waals surface area contributed by atoms with Crippen LogP contribution in [0.15, 0.2) is 11.4 Å². The van der Waals surface area contributed by atoms with Crippen LogP contribution in [0.5, 0.6) is 0 Å². The molecule has 0 saturated carbocycles. The zero-order valence-corrected chi connectivity index (χ0v) is 12.7. The molecule has 0 aliphatic rings. The summed E-state index contributed by atoms with van der Waals surface area (Å²) >= 11 is 1.26. The van der Waals surface area contributed by atoms with Gasteiger partial charge in [0.15, 0.2) is 5.69 Å². The van der Waals surface area contributed by atoms with E-state index in [1.165, 1.54) is 16.7 Å². The average molecular weight is 302 g/mol. The summed E-state index contributed by atoms with van der Waals surface area (Å²) in [6.45, 7) is 5.57. The smallest absolute Gasteiger partial charge is 0.355 e. The van der Waals surface area contributed by atoms with Gasteiger partial charge in [0.1, 0.15) is 16.9 Å². The van der Waals surface area contributed by atoms with E-state index < -0.39 is 5.97 Å². The number of thiazole rings is 1. The number of pyridine rings is 1. The predicted octanol–water partition coefficient (Wildman–Crippen LogP) is 2.90. The van der Waals surface area contributed by atoms with Crippen molar-refractivity contribution in [1.29, 1.82) is 5.26 Å². The first-order valence-electron chi connectivity index (χ1n) is 6.26. The fraction of sp³-hybridized carbons (Fsp3) is 0.286. The summed E-state index contributed by atoms with van der Waals surface area (Å²) in [4.78, 5) is 19.2. The summed E-state index contributed by atoms with van der Waals surface area (Å²) in [6, 6.07) is 3.75. The molecular formula is C14H14N4O2S. The number of hydrogen-bond acceptors (Lipinski definition) is 6. The Balaban J connectivity index is 2.29. The minimum Gasteiger partial charge on any atom is -0.476 e. The zero-order valence-electron chi connectivity index (χ0n) is 11.8. The molecule has 0 spiro atoms. The number of carboxylic acids is 1. The third kappa shape index (κ3) is 3.17. The standard InChI is InChI=1S/C14H14N4O2S/c1-7-4-8(2)16-12(10(7)5-15)17-9(3)13-18-11(6-21-13)14(19)20/h4,6,9H,1-3H3,(H,16,17)(H,19,20). The third-order valence-electron chi connectivity index (χ3n) is 2.92. The summed E-state index contributed by atoms with van der Waals surface area (Å²) < 4.78 is 0. The molecule has 6 nitrogen and oxygen atoms in total. The number of aromatic nitrogens is 2. The minimum atomic E-state index is -1.05. The number of rotatable bonds is 4. The maximum absolute atomic E-state index is 10.9. The van der Waals surface area contributed by atoms with E-state index in [1.807, 2.05) is 26.8 Å².